The van der Waals surface area contributed by atoms with Crippen molar-refractivity contribution in [1.29, 1.82) is 0 Å². The normalized spacial score (nSPS) is 15.9. The molecule has 0 bridgehead atoms. The van der Waals surface area contributed by atoms with E-state index in [0.717, 1.165) is 16.7 Å². The smallest absolute Gasteiger partial charge is 0.298 e. The van der Waals surface area contributed by atoms with Crippen LogP contribution in [0.2, 0.25) is 0 Å². The molecule has 1 saturated heterocycles. The highest BCUT2D eigenvalue weighted by Crippen LogP contribution is 2.39. The van der Waals surface area contributed by atoms with Gasteiger partial charge in [0.25, 0.3) is 11.1 Å². The molecule has 1 aliphatic rings. The predicted molar refractivity (Wildman–Crippen MR) is 102 cm³/mol. The van der Waals surface area contributed by atoms with Gasteiger partial charge in [-0.3, -0.25) is 9.59 Å². The van der Waals surface area contributed by atoms with Gasteiger partial charge in [0.05, 0.1) is 21.7 Å². The summed E-state index contributed by atoms with van der Waals surface area (Å²) in [7, 11) is 0. The molecule has 3 rings (SSSR count). The van der Waals surface area contributed by atoms with Gasteiger partial charge in [-0.25, -0.2) is 4.90 Å². The monoisotopic (exact) mass is 419 g/mol. The Labute approximate surface area is 157 Å². The summed E-state index contributed by atoms with van der Waals surface area (Å²) in [6, 6.07) is 12.1. The van der Waals surface area contributed by atoms with Gasteiger partial charge in [-0.2, -0.15) is 0 Å². The van der Waals surface area contributed by atoms with Gasteiger partial charge in [0.2, 0.25) is 0 Å². The molecule has 0 saturated carbocycles. The molecule has 1 heterocycles. The van der Waals surface area contributed by atoms with Crippen LogP contribution in [0.15, 0.2) is 51.8 Å². The highest BCUT2D eigenvalue weighted by Gasteiger charge is 2.36. The molecule has 0 radical (unpaired) electrons. The lowest BCUT2D eigenvalue weighted by Gasteiger charge is -2.11. The second kappa shape index (κ2) is 7.33. The van der Waals surface area contributed by atoms with Gasteiger partial charge < -0.3 is 9.84 Å². The van der Waals surface area contributed by atoms with Crippen molar-refractivity contribution in [1.82, 2.24) is 0 Å². The first kappa shape index (κ1) is 17.6. The number of aromatic hydroxyl groups is 1. The minimum Gasteiger partial charge on any atom is -0.503 e. The molecule has 1 aliphatic heterocycles. The van der Waals surface area contributed by atoms with E-state index in [9.17, 15) is 14.7 Å². The number of benzene rings is 2. The van der Waals surface area contributed by atoms with E-state index in [-0.39, 0.29) is 16.9 Å². The van der Waals surface area contributed by atoms with Crippen LogP contribution in [0.25, 0.3) is 6.08 Å². The molecule has 1 fully saturated rings. The SMILES string of the molecule is CCOc1cc(/C=C2/SC(=O)N(c3ccccc3)C2=O)cc(Br)c1O. The van der Waals surface area contributed by atoms with Crippen LogP contribution < -0.4 is 9.64 Å². The molecule has 2 amide bonds. The van der Waals surface area contributed by atoms with E-state index in [2.05, 4.69) is 15.9 Å². The second-order valence-corrected chi connectivity index (χ2v) is 6.98. The minimum atomic E-state index is -0.372. The first-order valence-electron chi connectivity index (χ1n) is 7.49. The van der Waals surface area contributed by atoms with Crippen LogP contribution in [-0.4, -0.2) is 22.9 Å². The van der Waals surface area contributed by atoms with E-state index < -0.39 is 0 Å². The van der Waals surface area contributed by atoms with Crippen LogP contribution in [0.3, 0.4) is 0 Å². The summed E-state index contributed by atoms with van der Waals surface area (Å²) in [5, 5.41) is 9.63. The van der Waals surface area contributed by atoms with Crippen molar-refractivity contribution in [2.24, 2.45) is 0 Å². The average molecular weight is 420 g/mol. The molecule has 7 heteroatoms. The topological polar surface area (TPSA) is 66.8 Å². The third-order valence-electron chi connectivity index (χ3n) is 3.46. The van der Waals surface area contributed by atoms with Gasteiger partial charge in [-0.05, 0) is 70.5 Å². The quantitative estimate of drug-likeness (QED) is 0.721. The van der Waals surface area contributed by atoms with Crippen molar-refractivity contribution in [2.75, 3.05) is 11.5 Å². The standard InChI is InChI=1S/C18H14BrNO4S/c1-2-24-14-9-11(8-13(19)16(14)21)10-15-17(22)20(18(23)25-15)12-6-4-3-5-7-12/h3-10,21H,2H2,1H3/b15-10+. The second-order valence-electron chi connectivity index (χ2n) is 5.14. The number of phenols is 1. The van der Waals surface area contributed by atoms with E-state index in [1.807, 2.05) is 13.0 Å². The Morgan fingerprint density at radius 1 is 1.24 bits per heavy atom. The number of halogens is 1. The highest BCUT2D eigenvalue weighted by atomic mass is 79.9. The zero-order valence-corrected chi connectivity index (χ0v) is 15.6. The summed E-state index contributed by atoms with van der Waals surface area (Å²) < 4.78 is 5.83. The fraction of sp³-hybridized carbons (Fsp3) is 0.111. The Bertz CT molecular complexity index is 867. The van der Waals surface area contributed by atoms with Gasteiger partial charge in [0, 0.05) is 0 Å². The molecular formula is C18H14BrNO4S. The maximum absolute atomic E-state index is 12.6. The van der Waals surface area contributed by atoms with Gasteiger partial charge >= 0.3 is 0 Å². The Hall–Kier alpha value is -2.25. The van der Waals surface area contributed by atoms with Crippen LogP contribution in [0.1, 0.15) is 12.5 Å². The third kappa shape index (κ3) is 3.57. The number of para-hydroxylation sites is 1. The number of hydrogen-bond acceptors (Lipinski definition) is 5. The van der Waals surface area contributed by atoms with Crippen LogP contribution >= 0.6 is 27.7 Å². The number of ether oxygens (including phenoxy) is 1. The highest BCUT2D eigenvalue weighted by molar-refractivity contribution is 9.10. The van der Waals surface area contributed by atoms with Crippen molar-refractivity contribution in [3.05, 3.63) is 57.4 Å². The van der Waals surface area contributed by atoms with E-state index in [4.69, 9.17) is 4.74 Å². The maximum atomic E-state index is 12.6. The van der Waals surface area contributed by atoms with Crippen LogP contribution in [-0.2, 0) is 4.79 Å². The minimum absolute atomic E-state index is 0.00334. The lowest BCUT2D eigenvalue weighted by molar-refractivity contribution is -0.113. The molecule has 0 spiro atoms. The number of carbonyl (C=O) groups is 2. The molecule has 2 aromatic rings. The molecule has 1 N–H and O–H groups in total. The van der Waals surface area contributed by atoms with Gasteiger partial charge in [-0.1, -0.05) is 18.2 Å². The van der Waals surface area contributed by atoms with Crippen molar-refractivity contribution in [3.63, 3.8) is 0 Å². The van der Waals surface area contributed by atoms with Gasteiger partial charge in [-0.15, -0.1) is 0 Å². The molecule has 128 valence electrons. The van der Waals surface area contributed by atoms with E-state index in [1.165, 1.54) is 0 Å². The number of phenolic OH excluding ortho intramolecular Hbond substituents is 1. The largest absolute Gasteiger partial charge is 0.503 e. The third-order valence-corrected chi connectivity index (χ3v) is 4.93. The van der Waals surface area contributed by atoms with E-state index >= 15 is 0 Å². The number of amides is 2. The fourth-order valence-electron chi connectivity index (χ4n) is 2.36. The van der Waals surface area contributed by atoms with Crippen molar-refractivity contribution < 1.29 is 19.4 Å². The predicted octanol–water partition coefficient (Wildman–Crippen LogP) is 4.79. The number of thioether (sulfide) groups is 1. The lowest BCUT2D eigenvalue weighted by atomic mass is 10.2. The summed E-state index contributed by atoms with van der Waals surface area (Å²) in [4.78, 5) is 26.3. The van der Waals surface area contributed by atoms with Gasteiger partial charge in [0.15, 0.2) is 11.5 Å². The zero-order chi connectivity index (χ0) is 18.0. The Morgan fingerprint density at radius 3 is 2.64 bits per heavy atom. The number of hydrogen-bond donors (Lipinski definition) is 1. The molecule has 25 heavy (non-hydrogen) atoms. The van der Waals surface area contributed by atoms with Gasteiger partial charge in [0.1, 0.15) is 0 Å². The van der Waals surface area contributed by atoms with Crippen molar-refractivity contribution >= 4 is 50.6 Å². The first-order chi connectivity index (χ1) is 12.0. The molecular weight excluding hydrogens is 406 g/mol. The van der Waals surface area contributed by atoms with E-state index in [0.29, 0.717) is 33.0 Å². The molecule has 2 aromatic carbocycles. The van der Waals surface area contributed by atoms with Crippen LogP contribution in [0.4, 0.5) is 10.5 Å². The number of rotatable bonds is 4. The summed E-state index contributed by atoms with van der Waals surface area (Å²) in [5.41, 5.74) is 1.18. The number of carbonyl (C=O) groups excluding carboxylic acids is 2. The Kier molecular flexibility index (Phi) is 5.15. The summed E-state index contributed by atoms with van der Waals surface area (Å²) >= 11 is 4.14. The van der Waals surface area contributed by atoms with E-state index in [1.54, 1.807) is 42.5 Å². The van der Waals surface area contributed by atoms with Crippen LogP contribution in [0.5, 0.6) is 11.5 Å². The molecule has 0 aromatic heterocycles. The number of nitrogens with zero attached hydrogens (tertiary/aromatic N) is 1. The maximum Gasteiger partial charge on any atom is 0.298 e. The zero-order valence-electron chi connectivity index (χ0n) is 13.2. The summed E-state index contributed by atoms with van der Waals surface area (Å²) in [5.74, 6) is -0.0647. The Balaban J connectivity index is 1.95. The average Bonchev–Trinajstić information content (AvgIpc) is 2.87. The van der Waals surface area contributed by atoms with Crippen molar-refractivity contribution in [3.8, 4) is 11.5 Å². The number of imide groups is 1. The fourth-order valence-corrected chi connectivity index (χ4v) is 3.66. The lowest BCUT2D eigenvalue weighted by Crippen LogP contribution is -2.27. The molecule has 0 atom stereocenters. The Morgan fingerprint density at radius 2 is 1.96 bits per heavy atom. The molecule has 0 unspecified atom stereocenters. The summed E-state index contributed by atoms with van der Waals surface area (Å²) in [6.45, 7) is 2.21. The molecule has 5 nitrogen and oxygen atoms in total. The summed E-state index contributed by atoms with van der Waals surface area (Å²) in [6.07, 6.45) is 1.61. The first-order valence-corrected chi connectivity index (χ1v) is 9.10. The number of anilines is 1. The van der Waals surface area contributed by atoms with Crippen LogP contribution in [0, 0.1) is 0 Å². The van der Waals surface area contributed by atoms with Crippen molar-refractivity contribution in [2.45, 2.75) is 6.92 Å². The molecule has 0 aliphatic carbocycles.